The molecule has 1 amide bonds. The van der Waals surface area contributed by atoms with E-state index in [2.05, 4.69) is 25.9 Å². The summed E-state index contributed by atoms with van der Waals surface area (Å²) >= 11 is 3.36. The van der Waals surface area contributed by atoms with E-state index < -0.39 is 22.2 Å². The van der Waals surface area contributed by atoms with Gasteiger partial charge in [0.25, 0.3) is 5.91 Å². The standard InChI is InChI=1S/C20H25BrN4O5S/c1-13-10-25(14(2)12-26)31(28,29)19-5-4-15(21)8-17(19)30-18(13)11-24(3)20(27)16-9-22-6-7-23-16/h4-9,13-14,18,26H,10-12H2,1-3H3/t13-,14-,18+/m1/s1. The van der Waals surface area contributed by atoms with Crippen LogP contribution in [0, 0.1) is 5.92 Å². The highest BCUT2D eigenvalue weighted by Gasteiger charge is 2.38. The maximum atomic E-state index is 13.3. The van der Waals surface area contributed by atoms with Gasteiger partial charge in [-0.1, -0.05) is 22.9 Å². The fraction of sp³-hybridized carbons (Fsp3) is 0.450. The Balaban J connectivity index is 1.96. The summed E-state index contributed by atoms with van der Waals surface area (Å²) < 4.78 is 34.7. The molecule has 0 saturated carbocycles. The highest BCUT2D eigenvalue weighted by atomic mass is 79.9. The molecule has 1 aliphatic heterocycles. The van der Waals surface area contributed by atoms with Crippen LogP contribution >= 0.6 is 15.9 Å². The number of carbonyl (C=O) groups excluding carboxylic acids is 1. The lowest BCUT2D eigenvalue weighted by molar-refractivity contribution is 0.0559. The summed E-state index contributed by atoms with van der Waals surface area (Å²) in [5.74, 6) is -0.386. The van der Waals surface area contributed by atoms with Crippen molar-refractivity contribution in [1.29, 1.82) is 0 Å². The normalized spacial score (nSPS) is 21.8. The Bertz CT molecular complexity index is 1040. The molecule has 2 heterocycles. The Morgan fingerprint density at radius 3 is 2.81 bits per heavy atom. The molecule has 31 heavy (non-hydrogen) atoms. The summed E-state index contributed by atoms with van der Waals surface area (Å²) in [5, 5.41) is 9.66. The number of aliphatic hydroxyl groups is 1. The molecule has 1 aromatic carbocycles. The van der Waals surface area contributed by atoms with Crippen LogP contribution < -0.4 is 4.74 Å². The number of sulfonamides is 1. The predicted molar refractivity (Wildman–Crippen MR) is 117 cm³/mol. The number of nitrogens with zero attached hydrogens (tertiary/aromatic N) is 4. The van der Waals surface area contributed by atoms with Crippen molar-refractivity contribution in [3.05, 3.63) is 47.0 Å². The van der Waals surface area contributed by atoms with Gasteiger partial charge in [0.05, 0.1) is 19.3 Å². The molecule has 3 rings (SSSR count). The number of amides is 1. The van der Waals surface area contributed by atoms with Crippen molar-refractivity contribution in [2.24, 2.45) is 5.92 Å². The van der Waals surface area contributed by atoms with E-state index in [9.17, 15) is 18.3 Å². The first kappa shape index (κ1) is 23.6. The molecule has 1 aliphatic rings. The van der Waals surface area contributed by atoms with E-state index in [-0.39, 0.29) is 47.9 Å². The molecule has 9 nitrogen and oxygen atoms in total. The molecule has 0 bridgehead atoms. The number of rotatable bonds is 5. The molecule has 168 valence electrons. The number of aromatic nitrogens is 2. The molecule has 0 unspecified atom stereocenters. The van der Waals surface area contributed by atoms with Gasteiger partial charge in [-0.3, -0.25) is 9.78 Å². The topological polar surface area (TPSA) is 113 Å². The van der Waals surface area contributed by atoms with Gasteiger partial charge in [0.1, 0.15) is 22.4 Å². The Morgan fingerprint density at radius 1 is 1.42 bits per heavy atom. The van der Waals surface area contributed by atoms with Crippen LogP contribution in [0.3, 0.4) is 0 Å². The van der Waals surface area contributed by atoms with Gasteiger partial charge in [-0.2, -0.15) is 4.31 Å². The second-order valence-electron chi connectivity index (χ2n) is 7.61. The summed E-state index contributed by atoms with van der Waals surface area (Å²) in [6.45, 7) is 3.56. The maximum Gasteiger partial charge on any atom is 0.273 e. The van der Waals surface area contributed by atoms with Crippen LogP contribution in [0.2, 0.25) is 0 Å². The Kier molecular flexibility index (Phi) is 7.30. The van der Waals surface area contributed by atoms with E-state index in [4.69, 9.17) is 4.74 Å². The number of hydrogen-bond donors (Lipinski definition) is 1. The third-order valence-corrected chi connectivity index (χ3v) is 7.72. The number of hydrogen-bond acceptors (Lipinski definition) is 7. The number of likely N-dealkylation sites (N-methyl/N-ethyl adjacent to an activating group) is 1. The van der Waals surface area contributed by atoms with Gasteiger partial charge in [-0.05, 0) is 25.1 Å². The highest BCUT2D eigenvalue weighted by Crippen LogP contribution is 2.35. The second kappa shape index (κ2) is 9.60. The monoisotopic (exact) mass is 512 g/mol. The zero-order chi connectivity index (χ0) is 22.8. The van der Waals surface area contributed by atoms with E-state index in [0.29, 0.717) is 4.47 Å². The fourth-order valence-corrected chi connectivity index (χ4v) is 5.54. The maximum absolute atomic E-state index is 13.3. The summed E-state index contributed by atoms with van der Waals surface area (Å²) in [7, 11) is -2.25. The Hall–Kier alpha value is -2.08. The molecular formula is C20H25BrN4O5S. The molecule has 0 saturated heterocycles. The van der Waals surface area contributed by atoms with Crippen LogP contribution in [0.1, 0.15) is 24.3 Å². The molecule has 0 spiro atoms. The molecule has 0 radical (unpaired) electrons. The number of aliphatic hydroxyl groups excluding tert-OH is 1. The average Bonchev–Trinajstić information content (AvgIpc) is 2.75. The minimum atomic E-state index is -3.89. The van der Waals surface area contributed by atoms with Crippen LogP contribution in [0.15, 0.2) is 46.2 Å². The van der Waals surface area contributed by atoms with E-state index in [1.807, 2.05) is 6.92 Å². The predicted octanol–water partition coefficient (Wildman–Crippen LogP) is 1.78. The molecule has 1 aromatic heterocycles. The minimum absolute atomic E-state index is 0.0239. The lowest BCUT2D eigenvalue weighted by Gasteiger charge is -2.37. The molecule has 2 aromatic rings. The van der Waals surface area contributed by atoms with Gasteiger partial charge in [0.15, 0.2) is 0 Å². The number of halogens is 1. The molecule has 11 heteroatoms. The fourth-order valence-electron chi connectivity index (χ4n) is 3.38. The number of benzene rings is 1. The molecular weight excluding hydrogens is 488 g/mol. The molecule has 3 atom stereocenters. The second-order valence-corrected chi connectivity index (χ2v) is 10.4. The van der Waals surface area contributed by atoms with E-state index in [0.717, 1.165) is 0 Å². The first-order valence-corrected chi connectivity index (χ1v) is 12.0. The SMILES string of the molecule is C[C@@H]1CN([C@H](C)CO)S(=O)(=O)c2ccc(Br)cc2O[C@H]1CN(C)C(=O)c1cnccn1. The number of ether oxygens (including phenoxy) is 1. The lowest BCUT2D eigenvalue weighted by atomic mass is 10.0. The van der Waals surface area contributed by atoms with Crippen LogP contribution in [0.4, 0.5) is 0 Å². The first-order chi connectivity index (χ1) is 14.6. The van der Waals surface area contributed by atoms with Gasteiger partial charge in [0, 0.05) is 42.4 Å². The van der Waals surface area contributed by atoms with Gasteiger partial charge in [-0.25, -0.2) is 13.4 Å². The average molecular weight is 513 g/mol. The zero-order valence-corrected chi connectivity index (χ0v) is 19.9. The summed E-state index contributed by atoms with van der Waals surface area (Å²) in [6, 6.07) is 4.10. The molecule has 0 fully saturated rings. The largest absolute Gasteiger partial charge is 0.487 e. The quantitative estimate of drug-likeness (QED) is 0.649. The Morgan fingerprint density at radius 2 is 2.16 bits per heavy atom. The molecule has 1 N–H and O–H groups in total. The summed E-state index contributed by atoms with van der Waals surface area (Å²) in [5.41, 5.74) is 0.213. The van der Waals surface area contributed by atoms with Crippen LogP contribution in [-0.4, -0.2) is 77.5 Å². The van der Waals surface area contributed by atoms with Crippen molar-refractivity contribution in [3.8, 4) is 5.75 Å². The van der Waals surface area contributed by atoms with Crippen molar-refractivity contribution < 1.29 is 23.1 Å². The smallest absolute Gasteiger partial charge is 0.273 e. The number of carbonyl (C=O) groups is 1. The van der Waals surface area contributed by atoms with E-state index in [1.54, 1.807) is 26.1 Å². The van der Waals surface area contributed by atoms with Crippen molar-refractivity contribution in [2.75, 3.05) is 26.7 Å². The van der Waals surface area contributed by atoms with Crippen LogP contribution in [0.5, 0.6) is 5.75 Å². The summed E-state index contributed by atoms with van der Waals surface area (Å²) in [6.07, 6.45) is 3.83. The van der Waals surface area contributed by atoms with Crippen molar-refractivity contribution >= 4 is 31.9 Å². The first-order valence-electron chi connectivity index (χ1n) is 9.75. The van der Waals surface area contributed by atoms with Crippen molar-refractivity contribution in [3.63, 3.8) is 0 Å². The lowest BCUT2D eigenvalue weighted by Crippen LogP contribution is -2.50. The van der Waals surface area contributed by atoms with Crippen molar-refractivity contribution in [1.82, 2.24) is 19.2 Å². The number of fused-ring (bicyclic) bond motifs is 1. The Labute approximate surface area is 190 Å². The highest BCUT2D eigenvalue weighted by molar-refractivity contribution is 9.10. The van der Waals surface area contributed by atoms with E-state index in [1.165, 1.54) is 33.9 Å². The summed E-state index contributed by atoms with van der Waals surface area (Å²) in [4.78, 5) is 22.2. The van der Waals surface area contributed by atoms with Crippen LogP contribution in [0.25, 0.3) is 0 Å². The third kappa shape index (κ3) is 5.05. The van der Waals surface area contributed by atoms with Gasteiger partial charge in [-0.15, -0.1) is 0 Å². The third-order valence-electron chi connectivity index (χ3n) is 5.21. The zero-order valence-electron chi connectivity index (χ0n) is 17.5. The van der Waals surface area contributed by atoms with Gasteiger partial charge in [0.2, 0.25) is 10.0 Å². The van der Waals surface area contributed by atoms with Crippen LogP contribution in [-0.2, 0) is 10.0 Å². The van der Waals surface area contributed by atoms with Gasteiger partial charge < -0.3 is 14.7 Å². The van der Waals surface area contributed by atoms with Gasteiger partial charge >= 0.3 is 0 Å². The molecule has 0 aliphatic carbocycles. The minimum Gasteiger partial charge on any atom is -0.487 e. The van der Waals surface area contributed by atoms with E-state index >= 15 is 0 Å². The van der Waals surface area contributed by atoms with Crippen molar-refractivity contribution in [2.45, 2.75) is 30.9 Å².